The summed E-state index contributed by atoms with van der Waals surface area (Å²) in [6.07, 6.45) is 1.67. The average Bonchev–Trinajstić information content (AvgIpc) is 2.17. The first-order valence-electron chi connectivity index (χ1n) is 3.94. The molecule has 1 aromatic carbocycles. The molecular formula is C9H5ClINO2S. The maximum absolute atomic E-state index is 11.1. The minimum Gasteiger partial charge on any atom is -0.302 e. The van der Waals surface area contributed by atoms with Gasteiger partial charge in [-0.3, -0.25) is 4.98 Å². The summed E-state index contributed by atoms with van der Waals surface area (Å²) in [6, 6.07) is 4.91. The Hall–Kier alpha value is -0.240. The summed E-state index contributed by atoms with van der Waals surface area (Å²) in [4.78, 5) is 4.47. The van der Waals surface area contributed by atoms with E-state index in [0.717, 1.165) is 3.57 Å². The van der Waals surface area contributed by atoms with Crippen LogP contribution in [0.5, 0.6) is 0 Å². The molecule has 6 heteroatoms. The molecule has 3 nitrogen and oxygen atoms in total. The number of rotatable bonds is 1. The van der Waals surface area contributed by atoms with Gasteiger partial charge in [0.2, 0.25) is 0 Å². The Labute approximate surface area is 107 Å². The van der Waals surface area contributed by atoms with E-state index in [9.17, 15) is 4.21 Å². The first kappa shape index (κ1) is 11.3. The molecule has 0 saturated heterocycles. The highest BCUT2D eigenvalue weighted by atomic mass is 127. The Balaban J connectivity index is 2.90. The van der Waals surface area contributed by atoms with E-state index < -0.39 is 11.1 Å². The van der Waals surface area contributed by atoms with Gasteiger partial charge in [0, 0.05) is 15.2 Å². The van der Waals surface area contributed by atoms with Crippen LogP contribution < -0.4 is 0 Å². The zero-order valence-electron chi connectivity index (χ0n) is 7.28. The first-order valence-corrected chi connectivity index (χ1v) is 6.50. The zero-order valence-corrected chi connectivity index (χ0v) is 11.0. The topological polar surface area (TPSA) is 50.2 Å². The standard InChI is InChI=1S/C9H5ClINO2S/c10-7-1-2-8(15(13)14)6-3-5(11)4-12-9(6)7/h1-4H,(H,13,14). The second-order valence-electron chi connectivity index (χ2n) is 2.84. The normalized spacial score (nSPS) is 13.0. The number of halogens is 2. The first-order chi connectivity index (χ1) is 7.09. The molecule has 1 atom stereocenters. The summed E-state index contributed by atoms with van der Waals surface area (Å²) in [7, 11) is 0. The fourth-order valence-corrected chi connectivity index (χ4v) is 2.48. The highest BCUT2D eigenvalue weighted by Crippen LogP contribution is 2.27. The van der Waals surface area contributed by atoms with Crippen LogP contribution in [0.1, 0.15) is 0 Å². The van der Waals surface area contributed by atoms with Crippen molar-refractivity contribution in [3.8, 4) is 0 Å². The van der Waals surface area contributed by atoms with Crippen LogP contribution in [0.25, 0.3) is 10.9 Å². The molecule has 2 aromatic rings. The molecule has 1 N–H and O–H groups in total. The van der Waals surface area contributed by atoms with Gasteiger partial charge in [0.1, 0.15) is 0 Å². The molecule has 1 unspecified atom stereocenters. The molecular weight excluding hydrogens is 349 g/mol. The van der Waals surface area contributed by atoms with Gasteiger partial charge in [-0.1, -0.05) is 11.6 Å². The van der Waals surface area contributed by atoms with Crippen molar-refractivity contribution in [1.82, 2.24) is 4.98 Å². The molecule has 0 aliphatic rings. The highest BCUT2D eigenvalue weighted by Gasteiger charge is 2.10. The number of nitrogens with zero attached hydrogens (tertiary/aromatic N) is 1. The van der Waals surface area contributed by atoms with Crippen LogP contribution >= 0.6 is 34.2 Å². The minimum absolute atomic E-state index is 0.334. The number of hydrogen-bond donors (Lipinski definition) is 1. The van der Waals surface area contributed by atoms with E-state index in [2.05, 4.69) is 27.6 Å². The van der Waals surface area contributed by atoms with Gasteiger partial charge in [0.05, 0.1) is 15.4 Å². The van der Waals surface area contributed by atoms with Crippen molar-refractivity contribution in [2.75, 3.05) is 0 Å². The fraction of sp³-hybridized carbons (Fsp3) is 0. The van der Waals surface area contributed by atoms with Gasteiger partial charge in [0.15, 0.2) is 11.1 Å². The lowest BCUT2D eigenvalue weighted by molar-refractivity contribution is 0.565. The van der Waals surface area contributed by atoms with Crippen LogP contribution in [-0.4, -0.2) is 13.7 Å². The summed E-state index contributed by atoms with van der Waals surface area (Å²) >= 11 is 6.01. The smallest absolute Gasteiger partial charge is 0.187 e. The molecule has 15 heavy (non-hydrogen) atoms. The highest BCUT2D eigenvalue weighted by molar-refractivity contribution is 14.1. The fourth-order valence-electron chi connectivity index (χ4n) is 1.29. The predicted octanol–water partition coefficient (Wildman–Crippen LogP) is 3.07. The van der Waals surface area contributed by atoms with E-state index in [1.807, 2.05) is 0 Å². The van der Waals surface area contributed by atoms with E-state index in [4.69, 9.17) is 16.2 Å². The van der Waals surface area contributed by atoms with Crippen molar-refractivity contribution in [2.45, 2.75) is 4.90 Å². The summed E-state index contributed by atoms with van der Waals surface area (Å²) in [6.45, 7) is 0. The Kier molecular flexibility index (Phi) is 3.24. The predicted molar refractivity (Wildman–Crippen MR) is 68.5 cm³/mol. The Morgan fingerprint density at radius 2 is 2.20 bits per heavy atom. The van der Waals surface area contributed by atoms with Gasteiger partial charge >= 0.3 is 0 Å². The van der Waals surface area contributed by atoms with Gasteiger partial charge in [-0.25, -0.2) is 4.21 Å². The average molecular weight is 354 g/mol. The molecule has 0 saturated carbocycles. The third-order valence-electron chi connectivity index (χ3n) is 1.92. The second-order valence-corrected chi connectivity index (χ2v) is 5.44. The molecule has 0 bridgehead atoms. The van der Waals surface area contributed by atoms with Crippen LogP contribution in [0.4, 0.5) is 0 Å². The third-order valence-corrected chi connectivity index (χ3v) is 3.54. The van der Waals surface area contributed by atoms with Crippen molar-refractivity contribution >= 4 is 56.2 Å². The van der Waals surface area contributed by atoms with E-state index in [0.29, 0.717) is 20.8 Å². The summed E-state index contributed by atoms with van der Waals surface area (Å²) in [5, 5.41) is 1.10. The van der Waals surface area contributed by atoms with Gasteiger partial charge in [-0.2, -0.15) is 0 Å². The number of pyridine rings is 1. The lowest BCUT2D eigenvalue weighted by atomic mass is 10.2. The molecule has 78 valence electrons. The van der Waals surface area contributed by atoms with Crippen LogP contribution in [0, 0.1) is 3.57 Å². The van der Waals surface area contributed by atoms with Crippen molar-refractivity contribution in [1.29, 1.82) is 0 Å². The zero-order chi connectivity index (χ0) is 11.0. The van der Waals surface area contributed by atoms with Crippen molar-refractivity contribution in [3.63, 3.8) is 0 Å². The quantitative estimate of drug-likeness (QED) is 0.633. The molecule has 0 aliphatic carbocycles. The lowest BCUT2D eigenvalue weighted by Gasteiger charge is -2.04. The number of aromatic nitrogens is 1. The Morgan fingerprint density at radius 3 is 2.87 bits per heavy atom. The Morgan fingerprint density at radius 1 is 1.47 bits per heavy atom. The number of hydrogen-bond acceptors (Lipinski definition) is 2. The lowest BCUT2D eigenvalue weighted by Crippen LogP contribution is -1.92. The maximum atomic E-state index is 11.1. The molecule has 0 aliphatic heterocycles. The molecule has 0 amide bonds. The van der Waals surface area contributed by atoms with Gasteiger partial charge in [-0.05, 0) is 40.8 Å². The van der Waals surface area contributed by atoms with E-state index in [-0.39, 0.29) is 0 Å². The van der Waals surface area contributed by atoms with E-state index in [1.165, 1.54) is 0 Å². The molecule has 0 spiro atoms. The van der Waals surface area contributed by atoms with Crippen molar-refractivity contribution in [2.24, 2.45) is 0 Å². The van der Waals surface area contributed by atoms with Crippen LogP contribution in [0.3, 0.4) is 0 Å². The van der Waals surface area contributed by atoms with Crippen LogP contribution in [0.2, 0.25) is 5.02 Å². The minimum atomic E-state index is -2.02. The monoisotopic (exact) mass is 353 g/mol. The van der Waals surface area contributed by atoms with E-state index >= 15 is 0 Å². The van der Waals surface area contributed by atoms with Crippen molar-refractivity contribution in [3.05, 3.63) is 33.0 Å². The van der Waals surface area contributed by atoms with Gasteiger partial charge < -0.3 is 4.55 Å². The second kappa shape index (κ2) is 4.32. The largest absolute Gasteiger partial charge is 0.302 e. The van der Waals surface area contributed by atoms with Crippen LogP contribution in [0.15, 0.2) is 29.3 Å². The molecule has 0 radical (unpaired) electrons. The summed E-state index contributed by atoms with van der Waals surface area (Å²) in [5.41, 5.74) is 0.553. The number of benzene rings is 1. The van der Waals surface area contributed by atoms with Gasteiger partial charge in [-0.15, -0.1) is 0 Å². The van der Waals surface area contributed by atoms with Crippen LogP contribution in [-0.2, 0) is 11.1 Å². The number of fused-ring (bicyclic) bond motifs is 1. The van der Waals surface area contributed by atoms with Gasteiger partial charge in [0.25, 0.3) is 0 Å². The molecule has 2 rings (SSSR count). The van der Waals surface area contributed by atoms with Crippen molar-refractivity contribution < 1.29 is 8.76 Å². The summed E-state index contributed by atoms with van der Waals surface area (Å²) < 4.78 is 21.1. The Bertz CT molecular complexity index is 561. The summed E-state index contributed by atoms with van der Waals surface area (Å²) in [5.74, 6) is 0. The SMILES string of the molecule is O=S(O)c1ccc(Cl)c2ncc(I)cc12. The third kappa shape index (κ3) is 2.15. The molecule has 1 aromatic heterocycles. The van der Waals surface area contributed by atoms with E-state index in [1.54, 1.807) is 24.4 Å². The molecule has 1 heterocycles. The molecule has 0 fully saturated rings. The maximum Gasteiger partial charge on any atom is 0.187 e.